The van der Waals surface area contributed by atoms with E-state index in [9.17, 15) is 4.79 Å². The number of benzene rings is 1. The molecule has 1 fully saturated rings. The molecule has 0 aromatic heterocycles. The van der Waals surface area contributed by atoms with E-state index in [0.717, 1.165) is 37.2 Å². The van der Waals surface area contributed by atoms with E-state index in [0.29, 0.717) is 13.2 Å². The van der Waals surface area contributed by atoms with E-state index in [1.54, 1.807) is 0 Å². The largest absolute Gasteiger partial charge is 0.492 e. The molecule has 1 aromatic rings. The number of likely N-dealkylation sites (tertiary alicyclic amines) is 1. The summed E-state index contributed by atoms with van der Waals surface area (Å²) in [4.78, 5) is 14.7. The van der Waals surface area contributed by atoms with Crippen molar-refractivity contribution in [1.82, 2.24) is 4.90 Å². The summed E-state index contributed by atoms with van der Waals surface area (Å²) in [7, 11) is 0. The maximum Gasteiger partial charge on any atom is 0.233 e. The average Bonchev–Trinajstić information content (AvgIpc) is 2.91. The minimum atomic E-state index is -0.131. The lowest BCUT2D eigenvalue weighted by atomic mass is 9.80. The molecule has 0 radical (unpaired) electrons. The maximum absolute atomic E-state index is 12.7. The number of piperidine rings is 1. The Morgan fingerprint density at radius 2 is 2.10 bits per heavy atom. The van der Waals surface area contributed by atoms with Gasteiger partial charge in [-0.1, -0.05) is 25.1 Å². The summed E-state index contributed by atoms with van der Waals surface area (Å²) in [6.07, 6.45) is 1.98. The van der Waals surface area contributed by atoms with Crippen molar-refractivity contribution >= 4 is 5.91 Å². The molecular weight excluding hydrogens is 252 g/mol. The highest BCUT2D eigenvalue weighted by Crippen LogP contribution is 2.36. The summed E-state index contributed by atoms with van der Waals surface area (Å²) in [6, 6.07) is 7.85. The standard InChI is InChI=1S/C16H22N2O2/c1-16(11-17)6-8-18(9-7-16)15(19)13-10-20-14-5-3-2-4-12(13)14/h2-5,13H,6-11,17H2,1H3. The molecule has 4 heteroatoms. The summed E-state index contributed by atoms with van der Waals surface area (Å²) < 4.78 is 5.62. The van der Waals surface area contributed by atoms with Gasteiger partial charge in [-0.2, -0.15) is 0 Å². The SMILES string of the molecule is CC1(CN)CCN(C(=O)C2COc3ccccc32)CC1. The first-order valence-corrected chi connectivity index (χ1v) is 7.33. The Balaban J connectivity index is 1.70. The molecule has 0 saturated carbocycles. The van der Waals surface area contributed by atoms with Crippen molar-refractivity contribution in [3.63, 3.8) is 0 Å². The van der Waals surface area contributed by atoms with Crippen molar-refractivity contribution in [3.8, 4) is 5.75 Å². The minimum Gasteiger partial charge on any atom is -0.492 e. The predicted octanol–water partition coefficient (Wildman–Crippen LogP) is 1.75. The lowest BCUT2D eigenvalue weighted by Gasteiger charge is -2.39. The summed E-state index contributed by atoms with van der Waals surface area (Å²) in [6.45, 7) is 5.01. The van der Waals surface area contributed by atoms with Gasteiger partial charge in [0.15, 0.2) is 0 Å². The fourth-order valence-corrected chi connectivity index (χ4v) is 3.06. The molecule has 2 heterocycles. The molecular formula is C16H22N2O2. The lowest BCUT2D eigenvalue weighted by Crippen LogP contribution is -2.46. The number of rotatable bonds is 2. The number of nitrogens with zero attached hydrogens (tertiary/aromatic N) is 1. The van der Waals surface area contributed by atoms with Gasteiger partial charge in [0.2, 0.25) is 5.91 Å². The Labute approximate surface area is 119 Å². The molecule has 1 atom stereocenters. The zero-order chi connectivity index (χ0) is 14.2. The van der Waals surface area contributed by atoms with E-state index in [1.165, 1.54) is 0 Å². The highest BCUT2D eigenvalue weighted by molar-refractivity contribution is 5.85. The highest BCUT2D eigenvalue weighted by Gasteiger charge is 2.36. The number of fused-ring (bicyclic) bond motifs is 1. The molecule has 3 rings (SSSR count). The number of ether oxygens (including phenoxy) is 1. The predicted molar refractivity (Wildman–Crippen MR) is 77.7 cm³/mol. The van der Waals surface area contributed by atoms with Crippen LogP contribution in [0.5, 0.6) is 5.75 Å². The van der Waals surface area contributed by atoms with E-state index in [2.05, 4.69) is 6.92 Å². The summed E-state index contributed by atoms with van der Waals surface area (Å²) in [5, 5.41) is 0. The first-order chi connectivity index (χ1) is 9.63. The van der Waals surface area contributed by atoms with Gasteiger partial charge in [0.05, 0.1) is 0 Å². The lowest BCUT2D eigenvalue weighted by molar-refractivity contribution is -0.135. The molecule has 2 aliphatic heterocycles. The molecule has 1 aromatic carbocycles. The number of para-hydroxylation sites is 1. The van der Waals surface area contributed by atoms with Crippen LogP contribution in [0.15, 0.2) is 24.3 Å². The van der Waals surface area contributed by atoms with Crippen LogP contribution in [-0.4, -0.2) is 37.0 Å². The van der Waals surface area contributed by atoms with Crippen LogP contribution in [0.2, 0.25) is 0 Å². The van der Waals surface area contributed by atoms with Gasteiger partial charge < -0.3 is 15.4 Å². The number of hydrogen-bond donors (Lipinski definition) is 1. The highest BCUT2D eigenvalue weighted by atomic mass is 16.5. The van der Waals surface area contributed by atoms with Gasteiger partial charge >= 0.3 is 0 Å². The molecule has 2 N–H and O–H groups in total. The van der Waals surface area contributed by atoms with E-state index in [1.807, 2.05) is 29.2 Å². The summed E-state index contributed by atoms with van der Waals surface area (Å²) in [5.74, 6) is 0.928. The van der Waals surface area contributed by atoms with Crippen molar-refractivity contribution < 1.29 is 9.53 Å². The van der Waals surface area contributed by atoms with Crippen molar-refractivity contribution in [1.29, 1.82) is 0 Å². The van der Waals surface area contributed by atoms with E-state index in [4.69, 9.17) is 10.5 Å². The van der Waals surface area contributed by atoms with Gasteiger partial charge in [-0.05, 0) is 30.9 Å². The normalized spacial score (nSPS) is 24.1. The minimum absolute atomic E-state index is 0.131. The smallest absolute Gasteiger partial charge is 0.233 e. The Hall–Kier alpha value is -1.55. The zero-order valence-corrected chi connectivity index (χ0v) is 12.0. The second-order valence-corrected chi connectivity index (χ2v) is 6.24. The molecule has 0 bridgehead atoms. The fraction of sp³-hybridized carbons (Fsp3) is 0.562. The molecule has 1 saturated heterocycles. The summed E-state index contributed by atoms with van der Waals surface area (Å²) >= 11 is 0. The molecule has 0 spiro atoms. The van der Waals surface area contributed by atoms with Crippen molar-refractivity contribution in [2.24, 2.45) is 11.1 Å². The molecule has 2 aliphatic rings. The van der Waals surface area contributed by atoms with Crippen LogP contribution in [0.4, 0.5) is 0 Å². The number of amides is 1. The molecule has 1 unspecified atom stereocenters. The van der Waals surface area contributed by atoms with E-state index in [-0.39, 0.29) is 17.2 Å². The van der Waals surface area contributed by atoms with E-state index >= 15 is 0 Å². The Morgan fingerprint density at radius 3 is 2.80 bits per heavy atom. The molecule has 0 aliphatic carbocycles. The van der Waals surface area contributed by atoms with Crippen molar-refractivity contribution in [3.05, 3.63) is 29.8 Å². The monoisotopic (exact) mass is 274 g/mol. The van der Waals surface area contributed by atoms with Crippen molar-refractivity contribution in [2.45, 2.75) is 25.7 Å². The van der Waals surface area contributed by atoms with Gasteiger partial charge in [-0.25, -0.2) is 0 Å². The zero-order valence-electron chi connectivity index (χ0n) is 12.0. The van der Waals surface area contributed by atoms with Gasteiger partial charge in [-0.15, -0.1) is 0 Å². The fourth-order valence-electron chi connectivity index (χ4n) is 3.06. The van der Waals surface area contributed by atoms with Crippen molar-refractivity contribution in [2.75, 3.05) is 26.2 Å². The Bertz CT molecular complexity index is 507. The number of carbonyl (C=O) groups excluding carboxylic acids is 1. The van der Waals surface area contributed by atoms with Crippen LogP contribution in [0.25, 0.3) is 0 Å². The number of hydrogen-bond acceptors (Lipinski definition) is 3. The van der Waals surface area contributed by atoms with Gasteiger partial charge in [0.1, 0.15) is 18.3 Å². The third-order valence-corrected chi connectivity index (χ3v) is 4.77. The second kappa shape index (κ2) is 5.09. The third-order valence-electron chi connectivity index (χ3n) is 4.77. The Morgan fingerprint density at radius 1 is 1.40 bits per heavy atom. The quantitative estimate of drug-likeness (QED) is 0.894. The molecule has 20 heavy (non-hydrogen) atoms. The van der Waals surface area contributed by atoms with Gasteiger partial charge in [0.25, 0.3) is 0 Å². The number of nitrogens with two attached hydrogens (primary N) is 1. The van der Waals surface area contributed by atoms with Crippen LogP contribution in [-0.2, 0) is 4.79 Å². The van der Waals surface area contributed by atoms with Crippen LogP contribution in [0, 0.1) is 5.41 Å². The Kier molecular flexibility index (Phi) is 3.42. The number of carbonyl (C=O) groups is 1. The first-order valence-electron chi connectivity index (χ1n) is 7.33. The van der Waals surface area contributed by atoms with Gasteiger partial charge in [-0.3, -0.25) is 4.79 Å². The topological polar surface area (TPSA) is 55.6 Å². The van der Waals surface area contributed by atoms with E-state index < -0.39 is 0 Å². The van der Waals surface area contributed by atoms with Gasteiger partial charge in [0, 0.05) is 18.7 Å². The summed E-state index contributed by atoms with van der Waals surface area (Å²) in [5.41, 5.74) is 7.05. The average molecular weight is 274 g/mol. The van der Waals surface area contributed by atoms with Crippen LogP contribution >= 0.6 is 0 Å². The second-order valence-electron chi connectivity index (χ2n) is 6.24. The molecule has 1 amide bonds. The van der Waals surface area contributed by atoms with Crippen LogP contribution < -0.4 is 10.5 Å². The maximum atomic E-state index is 12.7. The van der Waals surface area contributed by atoms with Crippen LogP contribution in [0.3, 0.4) is 0 Å². The third kappa shape index (κ3) is 2.29. The first kappa shape index (κ1) is 13.4. The molecule has 4 nitrogen and oxygen atoms in total. The van der Waals surface area contributed by atoms with Crippen LogP contribution in [0.1, 0.15) is 31.2 Å². The molecule has 108 valence electrons.